The van der Waals surface area contributed by atoms with Gasteiger partial charge in [-0.2, -0.15) is 0 Å². The molecule has 1 rings (SSSR count). The normalized spacial score (nSPS) is 10.6. The number of nitrogens with zero attached hydrogens (tertiary/aromatic N) is 3. The first-order valence-corrected chi connectivity index (χ1v) is 4.90. The summed E-state index contributed by atoms with van der Waals surface area (Å²) >= 11 is 0. The third-order valence-corrected chi connectivity index (χ3v) is 1.93. The van der Waals surface area contributed by atoms with Crippen LogP contribution in [0.4, 0.5) is 0 Å². The van der Waals surface area contributed by atoms with E-state index in [-0.39, 0.29) is 0 Å². The second-order valence-corrected chi connectivity index (χ2v) is 3.21. The van der Waals surface area contributed by atoms with E-state index in [4.69, 9.17) is 0 Å². The summed E-state index contributed by atoms with van der Waals surface area (Å²) in [7, 11) is 1.91. The average molecular weight is 182 g/mol. The Labute approximate surface area is 79.3 Å². The van der Waals surface area contributed by atoms with Crippen LogP contribution < -0.4 is 5.32 Å². The third kappa shape index (κ3) is 3.55. The lowest BCUT2D eigenvalue weighted by Gasteiger charge is -1.97. The van der Waals surface area contributed by atoms with Gasteiger partial charge in [0.2, 0.25) is 0 Å². The molecule has 0 saturated carbocycles. The van der Waals surface area contributed by atoms with Crippen molar-refractivity contribution in [3.05, 3.63) is 11.9 Å². The Bertz CT molecular complexity index is 231. The topological polar surface area (TPSA) is 42.7 Å². The van der Waals surface area contributed by atoms with Crippen LogP contribution in [0.25, 0.3) is 0 Å². The summed E-state index contributed by atoms with van der Waals surface area (Å²) in [4.78, 5) is 0. The van der Waals surface area contributed by atoms with Gasteiger partial charge < -0.3 is 5.32 Å². The number of aryl methyl sites for hydroxylation is 1. The highest BCUT2D eigenvalue weighted by atomic mass is 15.4. The van der Waals surface area contributed by atoms with E-state index in [0.29, 0.717) is 0 Å². The number of nitrogens with one attached hydrogen (secondary N) is 1. The summed E-state index contributed by atoms with van der Waals surface area (Å²) < 4.78 is 1.92. The smallest absolute Gasteiger partial charge is 0.0964 e. The molecule has 13 heavy (non-hydrogen) atoms. The number of rotatable bonds is 6. The molecule has 0 aliphatic rings. The molecule has 74 valence electrons. The molecule has 0 aliphatic carbocycles. The maximum absolute atomic E-state index is 4.04. The van der Waals surface area contributed by atoms with Crippen LogP contribution in [0.3, 0.4) is 0 Å². The summed E-state index contributed by atoms with van der Waals surface area (Å²) in [6.07, 6.45) is 5.71. The molecule has 0 aliphatic heterocycles. The Morgan fingerprint density at radius 1 is 1.46 bits per heavy atom. The van der Waals surface area contributed by atoms with E-state index < -0.39 is 0 Å². The highest BCUT2D eigenvalue weighted by Crippen LogP contribution is 1.98. The summed E-state index contributed by atoms with van der Waals surface area (Å²) in [5.74, 6) is 0. The Balaban J connectivity index is 2.31. The Hall–Kier alpha value is -0.900. The zero-order valence-electron chi connectivity index (χ0n) is 8.45. The maximum Gasteiger partial charge on any atom is 0.0964 e. The van der Waals surface area contributed by atoms with Crippen molar-refractivity contribution < 1.29 is 0 Å². The fourth-order valence-electron chi connectivity index (χ4n) is 1.23. The highest BCUT2D eigenvalue weighted by molar-refractivity contribution is 4.90. The second kappa shape index (κ2) is 5.70. The molecule has 4 nitrogen and oxygen atoms in total. The number of aromatic nitrogens is 3. The largest absolute Gasteiger partial charge is 0.314 e. The van der Waals surface area contributed by atoms with E-state index >= 15 is 0 Å². The molecule has 0 spiro atoms. The van der Waals surface area contributed by atoms with E-state index in [0.717, 1.165) is 18.8 Å². The van der Waals surface area contributed by atoms with Crippen LogP contribution in [0, 0.1) is 0 Å². The van der Waals surface area contributed by atoms with E-state index in [9.17, 15) is 0 Å². The molecule has 1 aromatic heterocycles. The van der Waals surface area contributed by atoms with Crippen LogP contribution in [-0.4, -0.2) is 22.0 Å². The van der Waals surface area contributed by atoms with Crippen molar-refractivity contribution in [1.82, 2.24) is 20.3 Å². The molecular weight excluding hydrogens is 164 g/mol. The molecule has 0 amide bonds. The average Bonchev–Trinajstić information content (AvgIpc) is 2.54. The van der Waals surface area contributed by atoms with Crippen molar-refractivity contribution in [2.45, 2.75) is 39.3 Å². The highest BCUT2D eigenvalue weighted by Gasteiger charge is 1.97. The SMILES string of the molecule is CCCCCn1cc(CNC)nn1. The van der Waals surface area contributed by atoms with Gasteiger partial charge in [-0.3, -0.25) is 4.68 Å². The lowest BCUT2D eigenvalue weighted by atomic mass is 10.2. The standard InChI is InChI=1S/C9H18N4/c1-3-4-5-6-13-8-9(7-10-2)11-12-13/h8,10H,3-7H2,1-2H3. The number of hydrogen-bond acceptors (Lipinski definition) is 3. The molecule has 0 fully saturated rings. The fraction of sp³-hybridized carbons (Fsp3) is 0.778. The Morgan fingerprint density at radius 2 is 2.31 bits per heavy atom. The predicted octanol–water partition coefficient (Wildman–Crippen LogP) is 1.19. The van der Waals surface area contributed by atoms with Crippen LogP contribution in [-0.2, 0) is 13.1 Å². The van der Waals surface area contributed by atoms with Crippen LogP contribution in [0.2, 0.25) is 0 Å². The van der Waals surface area contributed by atoms with Crippen LogP contribution in [0.15, 0.2) is 6.20 Å². The molecule has 1 heterocycles. The molecular formula is C9H18N4. The van der Waals surface area contributed by atoms with Gasteiger partial charge in [0, 0.05) is 19.3 Å². The van der Waals surface area contributed by atoms with Gasteiger partial charge in [-0.25, -0.2) is 0 Å². The Kier molecular flexibility index (Phi) is 4.46. The molecule has 1 aromatic rings. The zero-order valence-corrected chi connectivity index (χ0v) is 8.45. The van der Waals surface area contributed by atoms with Gasteiger partial charge in [-0.05, 0) is 13.5 Å². The minimum atomic E-state index is 0.799. The van der Waals surface area contributed by atoms with Crippen molar-refractivity contribution in [3.63, 3.8) is 0 Å². The monoisotopic (exact) mass is 182 g/mol. The second-order valence-electron chi connectivity index (χ2n) is 3.21. The van der Waals surface area contributed by atoms with Crippen LogP contribution in [0.5, 0.6) is 0 Å². The minimum Gasteiger partial charge on any atom is -0.314 e. The summed E-state index contributed by atoms with van der Waals surface area (Å²) in [6, 6.07) is 0. The van der Waals surface area contributed by atoms with Crippen molar-refractivity contribution in [2.24, 2.45) is 0 Å². The van der Waals surface area contributed by atoms with Crippen molar-refractivity contribution >= 4 is 0 Å². The zero-order chi connectivity index (χ0) is 9.52. The molecule has 0 unspecified atom stereocenters. The number of hydrogen-bond donors (Lipinski definition) is 1. The first-order chi connectivity index (χ1) is 6.36. The van der Waals surface area contributed by atoms with Crippen LogP contribution >= 0.6 is 0 Å². The molecule has 0 atom stereocenters. The van der Waals surface area contributed by atoms with Crippen molar-refractivity contribution in [1.29, 1.82) is 0 Å². The van der Waals surface area contributed by atoms with Gasteiger partial charge >= 0.3 is 0 Å². The Morgan fingerprint density at radius 3 is 3.00 bits per heavy atom. The van der Waals surface area contributed by atoms with Crippen LogP contribution in [0.1, 0.15) is 31.9 Å². The van der Waals surface area contributed by atoms with E-state index in [1.807, 2.05) is 17.9 Å². The van der Waals surface area contributed by atoms with Crippen molar-refractivity contribution in [3.8, 4) is 0 Å². The molecule has 0 radical (unpaired) electrons. The van der Waals surface area contributed by atoms with Gasteiger partial charge in [-0.1, -0.05) is 25.0 Å². The summed E-state index contributed by atoms with van der Waals surface area (Å²) in [5, 5.41) is 11.1. The van der Waals surface area contributed by atoms with E-state index in [1.54, 1.807) is 0 Å². The van der Waals surface area contributed by atoms with E-state index in [2.05, 4.69) is 22.6 Å². The summed E-state index contributed by atoms with van der Waals surface area (Å²) in [6.45, 7) is 3.99. The molecule has 1 N–H and O–H groups in total. The van der Waals surface area contributed by atoms with Gasteiger partial charge in [0.1, 0.15) is 0 Å². The van der Waals surface area contributed by atoms with Crippen molar-refractivity contribution in [2.75, 3.05) is 7.05 Å². The minimum absolute atomic E-state index is 0.799. The third-order valence-electron chi connectivity index (χ3n) is 1.93. The van der Waals surface area contributed by atoms with Gasteiger partial charge in [0.15, 0.2) is 0 Å². The summed E-state index contributed by atoms with van der Waals surface area (Å²) in [5.41, 5.74) is 1.01. The van der Waals surface area contributed by atoms with Gasteiger partial charge in [0.25, 0.3) is 0 Å². The fourth-order valence-corrected chi connectivity index (χ4v) is 1.23. The lowest BCUT2D eigenvalue weighted by Crippen LogP contribution is -2.05. The first kappa shape index (κ1) is 10.2. The van der Waals surface area contributed by atoms with Gasteiger partial charge in [-0.15, -0.1) is 5.10 Å². The molecule has 4 heteroatoms. The lowest BCUT2D eigenvalue weighted by molar-refractivity contribution is 0.537. The van der Waals surface area contributed by atoms with Gasteiger partial charge in [0.05, 0.1) is 5.69 Å². The predicted molar refractivity (Wildman–Crippen MR) is 52.3 cm³/mol. The van der Waals surface area contributed by atoms with E-state index in [1.165, 1.54) is 19.3 Å². The maximum atomic E-state index is 4.04. The first-order valence-electron chi connectivity index (χ1n) is 4.90. The number of unbranched alkanes of at least 4 members (excludes halogenated alkanes) is 2. The quantitative estimate of drug-likeness (QED) is 0.672. The molecule has 0 aromatic carbocycles. The molecule has 0 bridgehead atoms. The molecule has 0 saturated heterocycles.